The van der Waals surface area contributed by atoms with Crippen molar-refractivity contribution in [1.82, 2.24) is 9.97 Å². The lowest BCUT2D eigenvalue weighted by molar-refractivity contribution is -0.0976. The van der Waals surface area contributed by atoms with E-state index in [4.69, 9.17) is 4.74 Å². The van der Waals surface area contributed by atoms with Crippen LogP contribution in [0.4, 0.5) is 11.6 Å². The van der Waals surface area contributed by atoms with Gasteiger partial charge in [0.2, 0.25) is 0 Å². The van der Waals surface area contributed by atoms with E-state index in [-0.39, 0.29) is 5.41 Å². The van der Waals surface area contributed by atoms with Crippen molar-refractivity contribution < 1.29 is 4.74 Å². The van der Waals surface area contributed by atoms with E-state index in [1.165, 1.54) is 0 Å². The second-order valence-electron chi connectivity index (χ2n) is 5.85. The van der Waals surface area contributed by atoms with Gasteiger partial charge in [0.1, 0.15) is 11.6 Å². The number of hydrogen-bond donors (Lipinski definition) is 2. The molecule has 0 aromatic carbocycles. The van der Waals surface area contributed by atoms with E-state index in [2.05, 4.69) is 48.3 Å². The predicted molar refractivity (Wildman–Crippen MR) is 89.2 cm³/mol. The molecule has 1 fully saturated rings. The van der Waals surface area contributed by atoms with Crippen LogP contribution in [-0.4, -0.2) is 41.5 Å². The Balaban J connectivity index is 2.08. The van der Waals surface area contributed by atoms with Crippen LogP contribution < -0.4 is 10.6 Å². The molecule has 0 spiro atoms. The zero-order valence-electron chi connectivity index (χ0n) is 13.6. The maximum Gasteiger partial charge on any atom is 0.191 e. The minimum atomic E-state index is 0.124. The fraction of sp³-hybridized carbons (Fsp3) is 0.733. The van der Waals surface area contributed by atoms with Gasteiger partial charge in [-0.05, 0) is 26.5 Å². The maximum absolute atomic E-state index is 5.78. The number of ether oxygens (including phenoxy) is 1. The molecule has 2 N–H and O–H groups in total. The first-order chi connectivity index (χ1) is 10.0. The van der Waals surface area contributed by atoms with E-state index in [0.717, 1.165) is 36.4 Å². The van der Waals surface area contributed by atoms with Crippen LogP contribution in [0.3, 0.4) is 0 Å². The Bertz CT molecular complexity index is 481. The monoisotopic (exact) mass is 310 g/mol. The van der Waals surface area contributed by atoms with E-state index in [0.29, 0.717) is 12.1 Å². The Hall–Kier alpha value is -1.01. The fourth-order valence-corrected chi connectivity index (χ4v) is 3.03. The van der Waals surface area contributed by atoms with Crippen molar-refractivity contribution in [2.45, 2.75) is 51.4 Å². The van der Waals surface area contributed by atoms with Gasteiger partial charge in [-0.3, -0.25) is 0 Å². The summed E-state index contributed by atoms with van der Waals surface area (Å²) in [6.07, 6.45) is 3.35. The molecule has 6 heteroatoms. The molecule has 2 unspecified atom stereocenters. The standard InChI is InChI=1S/C15H26N4OS/c1-6-16-12-9-13(19-14(18-12)21-5)17-10-8-11(20-7-2)15(10,3)4/h9-11H,6-8H2,1-5H3,(H2,16,17,18,19). The molecule has 1 aromatic heterocycles. The third-order valence-electron chi connectivity index (χ3n) is 4.11. The fourth-order valence-electron chi connectivity index (χ4n) is 2.65. The van der Waals surface area contributed by atoms with Crippen molar-refractivity contribution in [2.24, 2.45) is 5.41 Å². The van der Waals surface area contributed by atoms with Crippen LogP contribution in [0.25, 0.3) is 0 Å². The summed E-state index contributed by atoms with van der Waals surface area (Å²) >= 11 is 1.56. The van der Waals surface area contributed by atoms with Gasteiger partial charge in [0.15, 0.2) is 5.16 Å². The number of rotatable bonds is 7. The lowest BCUT2D eigenvalue weighted by Gasteiger charge is -2.51. The van der Waals surface area contributed by atoms with E-state index >= 15 is 0 Å². The number of hydrogen-bond acceptors (Lipinski definition) is 6. The zero-order valence-corrected chi connectivity index (χ0v) is 14.4. The first-order valence-electron chi connectivity index (χ1n) is 7.56. The molecule has 2 rings (SSSR count). The molecule has 1 aliphatic rings. The highest BCUT2D eigenvalue weighted by molar-refractivity contribution is 7.98. The van der Waals surface area contributed by atoms with E-state index in [1.54, 1.807) is 11.8 Å². The minimum Gasteiger partial charge on any atom is -0.378 e. The number of aromatic nitrogens is 2. The summed E-state index contributed by atoms with van der Waals surface area (Å²) in [7, 11) is 0. The molecule has 1 aliphatic carbocycles. The highest BCUT2D eigenvalue weighted by Gasteiger charge is 2.49. The molecule has 21 heavy (non-hydrogen) atoms. The third-order valence-corrected chi connectivity index (χ3v) is 4.66. The molecular weight excluding hydrogens is 284 g/mol. The summed E-state index contributed by atoms with van der Waals surface area (Å²) in [5, 5.41) is 7.59. The largest absolute Gasteiger partial charge is 0.378 e. The molecule has 0 amide bonds. The molecule has 0 radical (unpaired) electrons. The molecule has 1 aromatic rings. The van der Waals surface area contributed by atoms with Gasteiger partial charge in [0, 0.05) is 30.7 Å². The van der Waals surface area contributed by atoms with E-state index in [1.807, 2.05) is 12.3 Å². The molecule has 1 saturated carbocycles. The highest BCUT2D eigenvalue weighted by Crippen LogP contribution is 2.44. The van der Waals surface area contributed by atoms with Gasteiger partial charge in [-0.1, -0.05) is 25.6 Å². The Morgan fingerprint density at radius 2 is 2.05 bits per heavy atom. The molecule has 1 heterocycles. The normalized spacial score (nSPS) is 23.5. The van der Waals surface area contributed by atoms with Crippen molar-refractivity contribution in [3.05, 3.63) is 6.07 Å². The van der Waals surface area contributed by atoms with Gasteiger partial charge in [-0.15, -0.1) is 0 Å². The molecular formula is C15H26N4OS. The van der Waals surface area contributed by atoms with Crippen LogP contribution in [0.2, 0.25) is 0 Å². The lowest BCUT2D eigenvalue weighted by Crippen LogP contribution is -2.58. The van der Waals surface area contributed by atoms with Gasteiger partial charge in [0.25, 0.3) is 0 Å². The average molecular weight is 310 g/mol. The number of nitrogens with one attached hydrogen (secondary N) is 2. The highest BCUT2D eigenvalue weighted by atomic mass is 32.2. The minimum absolute atomic E-state index is 0.124. The maximum atomic E-state index is 5.78. The van der Waals surface area contributed by atoms with Crippen molar-refractivity contribution in [1.29, 1.82) is 0 Å². The van der Waals surface area contributed by atoms with Gasteiger partial charge < -0.3 is 15.4 Å². The summed E-state index contributed by atoms with van der Waals surface area (Å²) in [4.78, 5) is 9.00. The summed E-state index contributed by atoms with van der Waals surface area (Å²) in [5.41, 5.74) is 0.124. The molecule has 2 atom stereocenters. The number of nitrogens with zero attached hydrogens (tertiary/aromatic N) is 2. The summed E-state index contributed by atoms with van der Waals surface area (Å²) < 4.78 is 5.78. The van der Waals surface area contributed by atoms with Gasteiger partial charge in [-0.25, -0.2) is 9.97 Å². The quantitative estimate of drug-likeness (QED) is 0.595. The smallest absolute Gasteiger partial charge is 0.191 e. The second kappa shape index (κ2) is 6.83. The van der Waals surface area contributed by atoms with Crippen LogP contribution in [0.5, 0.6) is 0 Å². The average Bonchev–Trinajstić information content (AvgIpc) is 2.46. The van der Waals surface area contributed by atoms with E-state index < -0.39 is 0 Å². The Morgan fingerprint density at radius 3 is 2.62 bits per heavy atom. The Morgan fingerprint density at radius 1 is 1.33 bits per heavy atom. The van der Waals surface area contributed by atoms with Crippen molar-refractivity contribution in [3.8, 4) is 0 Å². The first-order valence-corrected chi connectivity index (χ1v) is 8.78. The van der Waals surface area contributed by atoms with Crippen molar-refractivity contribution in [3.63, 3.8) is 0 Å². The van der Waals surface area contributed by atoms with E-state index in [9.17, 15) is 0 Å². The number of thioether (sulfide) groups is 1. The molecule has 5 nitrogen and oxygen atoms in total. The Kier molecular flexibility index (Phi) is 5.32. The SMILES string of the molecule is CCNc1cc(NC2CC(OCC)C2(C)C)nc(SC)n1. The van der Waals surface area contributed by atoms with Crippen LogP contribution >= 0.6 is 11.8 Å². The van der Waals surface area contributed by atoms with Gasteiger partial charge in [-0.2, -0.15) is 0 Å². The second-order valence-corrected chi connectivity index (χ2v) is 6.63. The van der Waals surface area contributed by atoms with Crippen molar-refractivity contribution >= 4 is 23.4 Å². The summed E-state index contributed by atoms with van der Waals surface area (Å²) in [6, 6.07) is 2.36. The van der Waals surface area contributed by atoms with Crippen LogP contribution in [0.1, 0.15) is 34.1 Å². The number of anilines is 2. The van der Waals surface area contributed by atoms with Crippen LogP contribution in [0, 0.1) is 5.41 Å². The van der Waals surface area contributed by atoms with Gasteiger partial charge >= 0.3 is 0 Å². The summed E-state index contributed by atoms with van der Waals surface area (Å²) in [6.45, 7) is 10.2. The zero-order chi connectivity index (χ0) is 15.5. The topological polar surface area (TPSA) is 59.1 Å². The Labute approximate surface area is 131 Å². The molecule has 0 bridgehead atoms. The van der Waals surface area contributed by atoms with Crippen molar-refractivity contribution in [2.75, 3.05) is 30.0 Å². The lowest BCUT2D eigenvalue weighted by atomic mass is 9.64. The first kappa shape index (κ1) is 16.4. The van der Waals surface area contributed by atoms with Gasteiger partial charge in [0.05, 0.1) is 6.10 Å². The molecule has 0 saturated heterocycles. The predicted octanol–water partition coefficient (Wildman–Crippen LogP) is 3.25. The summed E-state index contributed by atoms with van der Waals surface area (Å²) in [5.74, 6) is 1.76. The molecule has 0 aliphatic heterocycles. The molecule has 118 valence electrons. The third kappa shape index (κ3) is 3.61. The van der Waals surface area contributed by atoms with Crippen LogP contribution in [-0.2, 0) is 4.74 Å². The van der Waals surface area contributed by atoms with Crippen LogP contribution in [0.15, 0.2) is 11.2 Å².